The summed E-state index contributed by atoms with van der Waals surface area (Å²) >= 11 is 0. The van der Waals surface area contributed by atoms with Gasteiger partial charge in [0, 0.05) is 55.1 Å². The summed E-state index contributed by atoms with van der Waals surface area (Å²) < 4.78 is 20.3. The second-order valence-electron chi connectivity index (χ2n) is 28.7. The number of aromatic nitrogens is 4. The van der Waals surface area contributed by atoms with E-state index in [2.05, 4.69) is 280 Å². The Morgan fingerprint density at radius 2 is 1.10 bits per heavy atom. The fraction of sp³-hybridized carbons (Fsp3) is 0.250. The van der Waals surface area contributed by atoms with Crippen molar-refractivity contribution < 1.29 is 34.8 Å². The Morgan fingerprint density at radius 1 is 0.494 bits per heavy atom. The minimum absolute atomic E-state index is 0. The maximum absolute atomic E-state index is 6.94. The number of hydrogen-bond acceptors (Lipinski definition) is 3. The van der Waals surface area contributed by atoms with Crippen LogP contribution in [0.3, 0.4) is 0 Å². The standard InChI is InChI=1S/C80H72N4O2.Pt/c1-76(2,3)49-33-36-81-73(42-49)84-68-27-18-16-25-57(68)58-31-30-54(44-69(58)84)85-53-22-20-21-52(43-53)82-47-83-74-60(48-29-32-72-63(37-48)59-26-17-19-28-71(59)86-72)38-50(77(4,5)6)39-65(74)62-46-67-66(79(10,11)34-35-80(67,12)13)45-61(62)55-23-14-15-24-56(55)64-40-51(78(7,8)9)41-70(82)75(64)83;/h14-33,36-42,45-46H,34-35H2,1-13H3;/q-2;. The van der Waals surface area contributed by atoms with Gasteiger partial charge in [0.2, 0.25) is 0 Å². The Hall–Kier alpha value is -8.31. The molecule has 0 bridgehead atoms. The molecule has 0 spiro atoms. The molecule has 15 rings (SSSR count). The van der Waals surface area contributed by atoms with Crippen molar-refractivity contribution in [2.45, 2.75) is 130 Å². The van der Waals surface area contributed by atoms with Crippen molar-refractivity contribution >= 4 is 54.8 Å². The van der Waals surface area contributed by atoms with Gasteiger partial charge in [-0.15, -0.1) is 29.7 Å². The van der Waals surface area contributed by atoms with Crippen molar-refractivity contribution in [3.63, 3.8) is 0 Å². The van der Waals surface area contributed by atoms with E-state index < -0.39 is 0 Å². The average molecular weight is 1320 g/mol. The molecule has 5 heterocycles. The third kappa shape index (κ3) is 9.22. The van der Waals surface area contributed by atoms with Gasteiger partial charge in [0.05, 0.1) is 16.7 Å². The third-order valence-corrected chi connectivity index (χ3v) is 18.9. The number of nitrogens with zero attached hydrogens (tertiary/aromatic N) is 4. The molecule has 0 saturated carbocycles. The van der Waals surface area contributed by atoms with Crippen LogP contribution in [0.1, 0.15) is 131 Å². The number of para-hydroxylation sites is 2. The topological polar surface area (TPSA) is 49.0 Å². The molecule has 436 valence electrons. The average Bonchev–Trinajstić information content (AvgIpc) is 1.68. The van der Waals surface area contributed by atoms with Crippen LogP contribution >= 0.6 is 0 Å². The van der Waals surface area contributed by atoms with E-state index in [-0.39, 0.29) is 48.1 Å². The summed E-state index contributed by atoms with van der Waals surface area (Å²) in [4.78, 5) is 4.94. The summed E-state index contributed by atoms with van der Waals surface area (Å²) in [6, 6.07) is 70.0. The first-order chi connectivity index (χ1) is 41.0. The van der Waals surface area contributed by atoms with E-state index in [1.165, 1.54) is 50.1 Å². The number of ether oxygens (including phenoxy) is 1. The molecule has 4 aromatic heterocycles. The van der Waals surface area contributed by atoms with Crippen molar-refractivity contribution in [2.24, 2.45) is 0 Å². The zero-order valence-electron chi connectivity index (χ0n) is 52.1. The quantitative estimate of drug-likeness (QED) is 0.127. The SMILES string of the molecule is CC(C)(C)c1ccnc(-n2c3[c-]c(Oc4[c-]c(-n5[c-][n+]6c7c(cc(C(C)(C)C)cc75)-c5ccccc5-c5cc7c(cc5-c5cc(C(C)(C)C)cc(-c8ccc9oc%10ccccc%10c9c8)c5-6)C(C)(C)CCC7(C)C)ccc4)ccc3c3ccccc32)c1.[Pt]. The molecule has 0 unspecified atom stereocenters. The summed E-state index contributed by atoms with van der Waals surface area (Å²) in [5.74, 6) is 1.99. The first-order valence-corrected chi connectivity index (χ1v) is 30.6. The van der Waals surface area contributed by atoms with E-state index in [4.69, 9.17) is 14.1 Å². The summed E-state index contributed by atoms with van der Waals surface area (Å²) in [5.41, 5.74) is 23.0. The van der Waals surface area contributed by atoms with Crippen LogP contribution in [0.25, 0.3) is 116 Å². The number of pyridine rings is 1. The van der Waals surface area contributed by atoms with Crippen LogP contribution < -0.4 is 9.30 Å². The first kappa shape index (κ1) is 56.5. The number of rotatable bonds is 5. The minimum Gasteiger partial charge on any atom is -0.510 e. The van der Waals surface area contributed by atoms with Gasteiger partial charge in [-0.1, -0.05) is 187 Å². The molecule has 0 atom stereocenters. The third-order valence-electron chi connectivity index (χ3n) is 18.9. The summed E-state index contributed by atoms with van der Waals surface area (Å²) in [5, 5.41) is 4.40. The van der Waals surface area contributed by atoms with E-state index >= 15 is 0 Å². The van der Waals surface area contributed by atoms with E-state index in [1.54, 1.807) is 0 Å². The van der Waals surface area contributed by atoms with Crippen molar-refractivity contribution in [1.29, 1.82) is 0 Å². The predicted molar refractivity (Wildman–Crippen MR) is 354 cm³/mol. The van der Waals surface area contributed by atoms with Gasteiger partial charge in [-0.3, -0.25) is 4.57 Å². The maximum atomic E-state index is 6.94. The molecule has 6 nitrogen and oxygen atoms in total. The van der Waals surface area contributed by atoms with E-state index in [9.17, 15) is 0 Å². The van der Waals surface area contributed by atoms with Gasteiger partial charge in [0.15, 0.2) is 0 Å². The molecular formula is C80H72N4O2Pt-2. The molecule has 2 aliphatic rings. The van der Waals surface area contributed by atoms with Crippen LogP contribution in [-0.4, -0.2) is 14.1 Å². The molecule has 0 radical (unpaired) electrons. The molecule has 1 aliphatic carbocycles. The summed E-state index contributed by atoms with van der Waals surface area (Å²) in [6.07, 6.45) is 8.28. The number of benzene rings is 9. The van der Waals surface area contributed by atoms with Gasteiger partial charge in [0.1, 0.15) is 17.0 Å². The van der Waals surface area contributed by atoms with Crippen molar-refractivity contribution in [2.75, 3.05) is 0 Å². The van der Waals surface area contributed by atoms with Crippen LogP contribution in [0.2, 0.25) is 0 Å². The van der Waals surface area contributed by atoms with Crippen LogP contribution in [0.4, 0.5) is 0 Å². The van der Waals surface area contributed by atoms with Gasteiger partial charge >= 0.3 is 0 Å². The van der Waals surface area contributed by atoms with Crippen molar-refractivity contribution in [1.82, 2.24) is 14.1 Å². The van der Waals surface area contributed by atoms with E-state index in [0.717, 1.165) is 107 Å². The molecule has 0 saturated heterocycles. The molecule has 0 amide bonds. The predicted octanol–water partition coefficient (Wildman–Crippen LogP) is 20.7. The summed E-state index contributed by atoms with van der Waals surface area (Å²) in [6.45, 7) is 30.5. The minimum atomic E-state index is -0.215. The Morgan fingerprint density at radius 3 is 1.83 bits per heavy atom. The van der Waals surface area contributed by atoms with Gasteiger partial charge < -0.3 is 18.3 Å². The van der Waals surface area contributed by atoms with Gasteiger partial charge in [-0.05, 0) is 172 Å². The number of hydrogen-bond donors (Lipinski definition) is 0. The van der Waals surface area contributed by atoms with E-state index in [1.807, 2.05) is 18.3 Å². The van der Waals surface area contributed by atoms with Crippen molar-refractivity contribution in [3.05, 3.63) is 222 Å². The summed E-state index contributed by atoms with van der Waals surface area (Å²) in [7, 11) is 0. The van der Waals surface area contributed by atoms with Crippen LogP contribution in [-0.2, 0) is 48.1 Å². The van der Waals surface area contributed by atoms with Crippen molar-refractivity contribution in [3.8, 4) is 73.2 Å². The first-order valence-electron chi connectivity index (χ1n) is 30.6. The van der Waals surface area contributed by atoms with Crippen LogP contribution in [0, 0.1) is 18.5 Å². The number of fused-ring (bicyclic) bond motifs is 14. The molecule has 87 heavy (non-hydrogen) atoms. The Balaban J connectivity index is 0.00000667. The fourth-order valence-electron chi connectivity index (χ4n) is 13.8. The van der Waals surface area contributed by atoms with Gasteiger partial charge in [0.25, 0.3) is 6.33 Å². The Labute approximate surface area is 525 Å². The monoisotopic (exact) mass is 1320 g/mol. The van der Waals surface area contributed by atoms with E-state index in [0.29, 0.717) is 11.5 Å². The fourth-order valence-corrected chi connectivity index (χ4v) is 13.8. The molecule has 1 aliphatic heterocycles. The number of imidazole rings is 1. The smallest absolute Gasteiger partial charge is 0.268 e. The molecule has 0 fully saturated rings. The molecule has 13 aromatic rings. The molecule has 7 heteroatoms. The van der Waals surface area contributed by atoms with Gasteiger partial charge in [-0.25, -0.2) is 4.98 Å². The largest absolute Gasteiger partial charge is 0.510 e. The molecular weight excluding hydrogens is 1240 g/mol. The van der Waals surface area contributed by atoms with Crippen LogP contribution in [0.15, 0.2) is 180 Å². The van der Waals surface area contributed by atoms with Gasteiger partial charge in [-0.2, -0.15) is 18.2 Å². The maximum Gasteiger partial charge on any atom is 0.268 e. The Kier molecular flexibility index (Phi) is 12.9. The zero-order valence-corrected chi connectivity index (χ0v) is 54.4. The second-order valence-corrected chi connectivity index (χ2v) is 28.7. The van der Waals surface area contributed by atoms with Crippen LogP contribution in [0.5, 0.6) is 11.5 Å². The normalized spacial score (nSPS) is 14.5. The molecule has 9 aromatic carbocycles. The number of furan rings is 1. The zero-order chi connectivity index (χ0) is 59.6. The Bertz CT molecular complexity index is 4980. The second kappa shape index (κ2) is 19.9. The molecule has 0 N–H and O–H groups in total.